The maximum atomic E-state index is 4.42. The average molecular weight is 335 g/mol. The number of piperazine rings is 1. The molecule has 2 heterocycles. The van der Waals surface area contributed by atoms with Crippen LogP contribution in [0.5, 0.6) is 0 Å². The van der Waals surface area contributed by atoms with Crippen LogP contribution < -0.4 is 4.90 Å². The van der Waals surface area contributed by atoms with E-state index >= 15 is 0 Å². The number of hydrogen-bond donors (Lipinski definition) is 0. The van der Waals surface area contributed by atoms with E-state index in [1.54, 1.807) is 0 Å². The molecule has 1 aromatic heterocycles. The van der Waals surface area contributed by atoms with Gasteiger partial charge in [-0.05, 0) is 45.0 Å². The third kappa shape index (κ3) is 2.71. The van der Waals surface area contributed by atoms with Crippen LogP contribution in [0.25, 0.3) is 0 Å². The van der Waals surface area contributed by atoms with Crippen LogP contribution in [-0.4, -0.2) is 43.1 Å². The molecule has 1 aromatic rings. The van der Waals surface area contributed by atoms with E-state index in [4.69, 9.17) is 0 Å². The maximum absolute atomic E-state index is 4.42. The van der Waals surface area contributed by atoms with Crippen molar-refractivity contribution in [3.05, 3.63) is 21.2 Å². The molecule has 1 fully saturated rings. The molecular formula is C10H13Br2N3. The van der Waals surface area contributed by atoms with Crippen LogP contribution in [0.1, 0.15) is 0 Å². The second-order valence-corrected chi connectivity index (χ2v) is 5.46. The van der Waals surface area contributed by atoms with E-state index < -0.39 is 0 Å². The third-order valence-electron chi connectivity index (χ3n) is 2.62. The highest BCUT2D eigenvalue weighted by atomic mass is 79.9. The van der Waals surface area contributed by atoms with Crippen LogP contribution in [0.3, 0.4) is 0 Å². The number of pyridine rings is 1. The number of anilines is 1. The van der Waals surface area contributed by atoms with Crippen LogP contribution in [0.15, 0.2) is 21.2 Å². The van der Waals surface area contributed by atoms with Gasteiger partial charge in [0.2, 0.25) is 0 Å². The molecule has 0 amide bonds. The highest BCUT2D eigenvalue weighted by molar-refractivity contribution is 9.13. The normalized spacial score (nSPS) is 18.2. The zero-order valence-corrected chi connectivity index (χ0v) is 11.8. The highest BCUT2D eigenvalue weighted by Crippen LogP contribution is 2.26. The Balaban J connectivity index is 2.12. The molecule has 0 atom stereocenters. The van der Waals surface area contributed by atoms with Crippen molar-refractivity contribution in [2.75, 3.05) is 38.1 Å². The van der Waals surface area contributed by atoms with Crippen LogP contribution >= 0.6 is 31.9 Å². The van der Waals surface area contributed by atoms with Gasteiger partial charge in [-0.1, -0.05) is 0 Å². The number of aromatic nitrogens is 1. The summed E-state index contributed by atoms with van der Waals surface area (Å²) in [5, 5.41) is 0. The van der Waals surface area contributed by atoms with Crippen molar-refractivity contribution in [1.82, 2.24) is 9.88 Å². The number of likely N-dealkylation sites (N-methyl/N-ethyl adjacent to an activating group) is 1. The first kappa shape index (κ1) is 11.4. The lowest BCUT2D eigenvalue weighted by molar-refractivity contribution is 0.312. The predicted octanol–water partition coefficient (Wildman–Crippen LogP) is 2.36. The van der Waals surface area contributed by atoms with E-state index in [0.29, 0.717) is 0 Å². The molecule has 0 N–H and O–H groups in total. The second-order valence-electron chi connectivity index (χ2n) is 3.75. The van der Waals surface area contributed by atoms with Gasteiger partial charge < -0.3 is 9.80 Å². The Bertz CT molecular complexity index is 349. The summed E-state index contributed by atoms with van der Waals surface area (Å²) < 4.78 is 2.06. The minimum atomic E-state index is 1.00. The van der Waals surface area contributed by atoms with Crippen molar-refractivity contribution >= 4 is 37.7 Å². The summed E-state index contributed by atoms with van der Waals surface area (Å²) in [4.78, 5) is 9.07. The van der Waals surface area contributed by atoms with Gasteiger partial charge >= 0.3 is 0 Å². The summed E-state index contributed by atoms with van der Waals surface area (Å²) >= 11 is 6.93. The van der Waals surface area contributed by atoms with E-state index in [1.165, 1.54) is 0 Å². The van der Waals surface area contributed by atoms with Gasteiger partial charge in [-0.15, -0.1) is 0 Å². The molecule has 1 aliphatic heterocycles. The van der Waals surface area contributed by atoms with E-state index in [2.05, 4.69) is 59.8 Å². The molecule has 0 aromatic carbocycles. The van der Waals surface area contributed by atoms with E-state index in [-0.39, 0.29) is 0 Å². The van der Waals surface area contributed by atoms with E-state index in [1.807, 2.05) is 6.20 Å². The fraction of sp³-hybridized carbons (Fsp3) is 0.500. The fourth-order valence-electron chi connectivity index (χ4n) is 1.61. The van der Waals surface area contributed by atoms with Crippen molar-refractivity contribution in [2.24, 2.45) is 0 Å². The van der Waals surface area contributed by atoms with Gasteiger partial charge in [0.05, 0.1) is 4.47 Å². The summed E-state index contributed by atoms with van der Waals surface area (Å²) in [7, 11) is 2.16. The Labute approximate surface area is 107 Å². The summed E-state index contributed by atoms with van der Waals surface area (Å²) in [6, 6.07) is 2.06. The standard InChI is InChI=1S/C10H13Br2N3/c1-14-2-4-15(5-3-14)10-6-8(11)9(12)7-13-10/h6-7H,2-5H2,1H3. The number of rotatable bonds is 1. The molecule has 82 valence electrons. The maximum Gasteiger partial charge on any atom is 0.129 e. The summed E-state index contributed by atoms with van der Waals surface area (Å²) in [5.41, 5.74) is 0. The minimum Gasteiger partial charge on any atom is -0.354 e. The Morgan fingerprint density at radius 3 is 2.40 bits per heavy atom. The van der Waals surface area contributed by atoms with Gasteiger partial charge in [0.25, 0.3) is 0 Å². The SMILES string of the molecule is CN1CCN(c2cc(Br)c(Br)cn2)CC1. The lowest BCUT2D eigenvalue weighted by Crippen LogP contribution is -2.44. The Morgan fingerprint density at radius 2 is 1.80 bits per heavy atom. The summed E-state index contributed by atoms with van der Waals surface area (Å²) in [5.74, 6) is 1.05. The molecule has 0 unspecified atom stereocenters. The molecular weight excluding hydrogens is 322 g/mol. The van der Waals surface area contributed by atoms with Crippen LogP contribution in [0, 0.1) is 0 Å². The number of hydrogen-bond acceptors (Lipinski definition) is 3. The molecule has 3 nitrogen and oxygen atoms in total. The quantitative estimate of drug-likeness (QED) is 0.786. The smallest absolute Gasteiger partial charge is 0.129 e. The van der Waals surface area contributed by atoms with E-state index in [0.717, 1.165) is 40.9 Å². The van der Waals surface area contributed by atoms with Crippen molar-refractivity contribution in [1.29, 1.82) is 0 Å². The van der Waals surface area contributed by atoms with Gasteiger partial charge in [-0.2, -0.15) is 0 Å². The lowest BCUT2D eigenvalue weighted by Gasteiger charge is -2.33. The molecule has 0 saturated carbocycles. The fourth-order valence-corrected chi connectivity index (χ4v) is 2.14. The van der Waals surface area contributed by atoms with Crippen molar-refractivity contribution in [2.45, 2.75) is 0 Å². The predicted molar refractivity (Wildman–Crippen MR) is 69.3 cm³/mol. The molecule has 0 bridgehead atoms. The first-order chi connectivity index (χ1) is 7.16. The highest BCUT2D eigenvalue weighted by Gasteiger charge is 2.15. The first-order valence-corrected chi connectivity index (χ1v) is 6.50. The molecule has 0 radical (unpaired) electrons. The largest absolute Gasteiger partial charge is 0.354 e. The topological polar surface area (TPSA) is 19.4 Å². The summed E-state index contributed by atoms with van der Waals surface area (Å²) in [6.45, 7) is 4.32. The molecule has 15 heavy (non-hydrogen) atoms. The molecule has 1 aliphatic rings. The van der Waals surface area contributed by atoms with Gasteiger partial charge in [0.15, 0.2) is 0 Å². The molecule has 2 rings (SSSR count). The van der Waals surface area contributed by atoms with Gasteiger partial charge in [-0.25, -0.2) is 4.98 Å². The molecule has 1 saturated heterocycles. The van der Waals surface area contributed by atoms with Gasteiger partial charge in [0, 0.05) is 36.8 Å². The van der Waals surface area contributed by atoms with Crippen molar-refractivity contribution < 1.29 is 0 Å². The molecule has 5 heteroatoms. The van der Waals surface area contributed by atoms with Crippen molar-refractivity contribution in [3.8, 4) is 0 Å². The number of nitrogens with zero attached hydrogens (tertiary/aromatic N) is 3. The number of halogens is 2. The Hall–Kier alpha value is -0.130. The average Bonchev–Trinajstić information content (AvgIpc) is 2.23. The van der Waals surface area contributed by atoms with Gasteiger partial charge in [0.1, 0.15) is 5.82 Å². The molecule has 0 aliphatic carbocycles. The van der Waals surface area contributed by atoms with Crippen LogP contribution in [0.2, 0.25) is 0 Å². The third-order valence-corrected chi connectivity index (χ3v) is 4.44. The van der Waals surface area contributed by atoms with Crippen LogP contribution in [0.4, 0.5) is 5.82 Å². The van der Waals surface area contributed by atoms with Crippen LogP contribution in [-0.2, 0) is 0 Å². The van der Waals surface area contributed by atoms with Gasteiger partial charge in [-0.3, -0.25) is 0 Å². The second kappa shape index (κ2) is 4.80. The Kier molecular flexibility index (Phi) is 3.64. The van der Waals surface area contributed by atoms with E-state index in [9.17, 15) is 0 Å². The monoisotopic (exact) mass is 333 g/mol. The van der Waals surface area contributed by atoms with Crippen molar-refractivity contribution in [3.63, 3.8) is 0 Å². The zero-order chi connectivity index (χ0) is 10.8. The Morgan fingerprint density at radius 1 is 1.13 bits per heavy atom. The molecule has 0 spiro atoms. The summed E-state index contributed by atoms with van der Waals surface area (Å²) in [6.07, 6.45) is 1.84. The lowest BCUT2D eigenvalue weighted by atomic mass is 10.3. The zero-order valence-electron chi connectivity index (χ0n) is 8.58. The first-order valence-electron chi connectivity index (χ1n) is 4.91. The minimum absolute atomic E-state index is 1.00.